The normalized spacial score (nSPS) is 17.9. The Hall–Kier alpha value is -2.28. The molecule has 2 N–H and O–H groups in total. The van der Waals surface area contributed by atoms with E-state index in [2.05, 4.69) is 15.5 Å². The van der Waals surface area contributed by atoms with Crippen molar-refractivity contribution in [1.29, 1.82) is 0 Å². The summed E-state index contributed by atoms with van der Waals surface area (Å²) >= 11 is 5.82. The molecule has 1 unspecified atom stereocenters. The number of nitrogens with zero attached hydrogens (tertiary/aromatic N) is 1. The first-order chi connectivity index (χ1) is 9.99. The first-order valence-electron chi connectivity index (χ1n) is 6.21. The van der Waals surface area contributed by atoms with Gasteiger partial charge < -0.3 is 10.1 Å². The molecular weight excluding hydrogens is 298 g/mol. The summed E-state index contributed by atoms with van der Waals surface area (Å²) in [5.74, 6) is -1.61. The summed E-state index contributed by atoms with van der Waals surface area (Å²) < 4.78 is 4.61. The van der Waals surface area contributed by atoms with Gasteiger partial charge in [-0.05, 0) is 18.2 Å². The fourth-order valence-electron chi connectivity index (χ4n) is 1.97. The summed E-state index contributed by atoms with van der Waals surface area (Å²) in [5.41, 5.74) is 2.89. The van der Waals surface area contributed by atoms with E-state index in [9.17, 15) is 14.4 Å². The van der Waals surface area contributed by atoms with Crippen molar-refractivity contribution in [1.82, 2.24) is 10.4 Å². The van der Waals surface area contributed by atoms with Gasteiger partial charge in [0.2, 0.25) is 5.91 Å². The third-order valence-electron chi connectivity index (χ3n) is 2.95. The number of carbonyl (C=O) groups is 3. The van der Waals surface area contributed by atoms with Crippen LogP contribution in [0.2, 0.25) is 5.02 Å². The van der Waals surface area contributed by atoms with Crippen molar-refractivity contribution in [3.05, 3.63) is 29.3 Å². The van der Waals surface area contributed by atoms with Crippen LogP contribution in [0.3, 0.4) is 0 Å². The molecule has 0 aromatic heterocycles. The number of rotatable bonds is 2. The number of carbonyl (C=O) groups excluding carboxylic acids is 3. The maximum Gasteiger partial charge on any atom is 0.340 e. The number of urea groups is 1. The molecule has 8 heteroatoms. The van der Waals surface area contributed by atoms with Gasteiger partial charge in [-0.1, -0.05) is 17.7 Å². The highest BCUT2D eigenvalue weighted by Crippen LogP contribution is 2.17. The Kier molecular flexibility index (Phi) is 4.64. The second kappa shape index (κ2) is 6.45. The highest BCUT2D eigenvalue weighted by atomic mass is 35.5. The number of hydrogen-bond donors (Lipinski definition) is 2. The van der Waals surface area contributed by atoms with Gasteiger partial charge in [0, 0.05) is 17.1 Å². The van der Waals surface area contributed by atoms with Crippen molar-refractivity contribution in [3.8, 4) is 0 Å². The zero-order valence-electron chi connectivity index (χ0n) is 11.3. The van der Waals surface area contributed by atoms with E-state index in [-0.39, 0.29) is 13.0 Å². The molecule has 7 nitrogen and oxygen atoms in total. The van der Waals surface area contributed by atoms with E-state index < -0.39 is 23.8 Å². The fourth-order valence-corrected chi connectivity index (χ4v) is 2.16. The highest BCUT2D eigenvalue weighted by molar-refractivity contribution is 6.30. The van der Waals surface area contributed by atoms with Gasteiger partial charge in [-0.25, -0.2) is 9.80 Å². The topological polar surface area (TPSA) is 87.7 Å². The summed E-state index contributed by atoms with van der Waals surface area (Å²) in [5, 5.41) is 4.11. The van der Waals surface area contributed by atoms with Crippen LogP contribution in [0.25, 0.3) is 0 Å². The minimum Gasteiger partial charge on any atom is -0.469 e. The molecule has 3 amide bonds. The second-order valence-corrected chi connectivity index (χ2v) is 4.95. The van der Waals surface area contributed by atoms with Gasteiger partial charge in [-0.3, -0.25) is 15.0 Å². The van der Waals surface area contributed by atoms with Crippen LogP contribution in [0.4, 0.5) is 10.5 Å². The number of methoxy groups -OCH3 is 1. The predicted molar refractivity (Wildman–Crippen MR) is 75.4 cm³/mol. The lowest BCUT2D eigenvalue weighted by atomic mass is 10.0. The highest BCUT2D eigenvalue weighted by Gasteiger charge is 2.33. The van der Waals surface area contributed by atoms with Gasteiger partial charge >= 0.3 is 12.0 Å². The molecule has 112 valence electrons. The number of ether oxygens (including phenoxy) is 1. The largest absolute Gasteiger partial charge is 0.469 e. The van der Waals surface area contributed by atoms with Crippen molar-refractivity contribution in [2.75, 3.05) is 19.0 Å². The van der Waals surface area contributed by atoms with Crippen molar-refractivity contribution >= 4 is 35.2 Å². The number of hydrazine groups is 1. The second-order valence-electron chi connectivity index (χ2n) is 4.51. The molecule has 0 bridgehead atoms. The van der Waals surface area contributed by atoms with Crippen LogP contribution in [0.1, 0.15) is 6.42 Å². The molecule has 0 aliphatic carbocycles. The van der Waals surface area contributed by atoms with Crippen LogP contribution in [0.15, 0.2) is 24.3 Å². The van der Waals surface area contributed by atoms with E-state index in [1.165, 1.54) is 7.11 Å². The molecule has 0 saturated carbocycles. The number of halogens is 1. The van der Waals surface area contributed by atoms with Gasteiger partial charge in [0.15, 0.2) is 0 Å². The first kappa shape index (κ1) is 15.1. The van der Waals surface area contributed by atoms with E-state index in [1.54, 1.807) is 24.3 Å². The van der Waals surface area contributed by atoms with E-state index >= 15 is 0 Å². The molecule has 0 spiro atoms. The maximum absolute atomic E-state index is 12.1. The van der Waals surface area contributed by atoms with Gasteiger partial charge in [0.25, 0.3) is 0 Å². The molecule has 1 aliphatic rings. The Morgan fingerprint density at radius 1 is 1.48 bits per heavy atom. The number of benzene rings is 1. The van der Waals surface area contributed by atoms with Crippen LogP contribution in [-0.4, -0.2) is 36.6 Å². The van der Waals surface area contributed by atoms with E-state index in [4.69, 9.17) is 11.6 Å². The Morgan fingerprint density at radius 3 is 2.90 bits per heavy atom. The van der Waals surface area contributed by atoms with Crippen molar-refractivity contribution in [2.45, 2.75) is 6.42 Å². The quantitative estimate of drug-likeness (QED) is 0.808. The van der Waals surface area contributed by atoms with Crippen LogP contribution in [-0.2, 0) is 14.3 Å². The van der Waals surface area contributed by atoms with E-state index in [1.807, 2.05) is 0 Å². The van der Waals surface area contributed by atoms with Crippen molar-refractivity contribution < 1.29 is 19.1 Å². The summed E-state index contributed by atoms with van der Waals surface area (Å²) in [6.07, 6.45) is -0.00633. The van der Waals surface area contributed by atoms with Gasteiger partial charge in [-0.2, -0.15) is 0 Å². The molecule has 1 saturated heterocycles. The fraction of sp³-hybridized carbons (Fsp3) is 0.308. The minimum atomic E-state index is -0.672. The zero-order valence-corrected chi connectivity index (χ0v) is 12.0. The third kappa shape index (κ3) is 3.85. The molecule has 1 aromatic rings. The monoisotopic (exact) mass is 311 g/mol. The first-order valence-corrected chi connectivity index (χ1v) is 6.59. The standard InChI is InChI=1S/C13H14ClN3O4/c1-21-12(19)8-5-11(18)16-17(7-8)13(20)15-10-4-2-3-9(14)6-10/h2-4,6,8H,5,7H2,1H3,(H,15,20)(H,16,18). The van der Waals surface area contributed by atoms with Gasteiger partial charge in [-0.15, -0.1) is 0 Å². The molecule has 1 atom stereocenters. The van der Waals surface area contributed by atoms with Crippen LogP contribution >= 0.6 is 11.6 Å². The number of hydrogen-bond acceptors (Lipinski definition) is 4. The SMILES string of the molecule is COC(=O)C1CC(=O)NN(C(=O)Nc2cccc(Cl)c2)C1. The smallest absolute Gasteiger partial charge is 0.340 e. The molecule has 1 heterocycles. The lowest BCUT2D eigenvalue weighted by molar-refractivity contribution is -0.151. The molecule has 1 aromatic carbocycles. The van der Waals surface area contributed by atoms with Crippen molar-refractivity contribution in [3.63, 3.8) is 0 Å². The molecule has 0 radical (unpaired) electrons. The number of amides is 3. The summed E-state index contributed by atoms with van der Waals surface area (Å²) in [6, 6.07) is 6.03. The predicted octanol–water partition coefficient (Wildman–Crippen LogP) is 1.40. The van der Waals surface area contributed by atoms with E-state index in [0.717, 1.165) is 5.01 Å². The molecular formula is C13H14ClN3O4. The van der Waals surface area contributed by atoms with Crippen LogP contribution in [0.5, 0.6) is 0 Å². The van der Waals surface area contributed by atoms with Gasteiger partial charge in [0.1, 0.15) is 0 Å². The molecule has 21 heavy (non-hydrogen) atoms. The summed E-state index contributed by atoms with van der Waals surface area (Å²) in [4.78, 5) is 35.1. The van der Waals surface area contributed by atoms with E-state index in [0.29, 0.717) is 10.7 Å². The zero-order chi connectivity index (χ0) is 15.4. The van der Waals surface area contributed by atoms with Gasteiger partial charge in [0.05, 0.1) is 19.6 Å². The van der Waals surface area contributed by atoms with Crippen LogP contribution in [0, 0.1) is 5.92 Å². The molecule has 2 rings (SSSR count). The summed E-state index contributed by atoms with van der Waals surface area (Å²) in [6.45, 7) is 0.0464. The van der Waals surface area contributed by atoms with Crippen molar-refractivity contribution in [2.24, 2.45) is 5.92 Å². The molecule has 1 aliphatic heterocycles. The average Bonchev–Trinajstić information content (AvgIpc) is 2.45. The maximum atomic E-state index is 12.1. The Labute approximate surface area is 126 Å². The average molecular weight is 312 g/mol. The number of anilines is 1. The Balaban J connectivity index is 2.04. The third-order valence-corrected chi connectivity index (χ3v) is 3.19. The lowest BCUT2D eigenvalue weighted by Crippen LogP contribution is -2.56. The Bertz CT molecular complexity index is 578. The summed E-state index contributed by atoms with van der Waals surface area (Å²) in [7, 11) is 1.24. The molecule has 1 fully saturated rings. The lowest BCUT2D eigenvalue weighted by Gasteiger charge is -2.31. The minimum absolute atomic E-state index is 0.00633. The number of esters is 1. The number of nitrogens with one attached hydrogen (secondary N) is 2. The Morgan fingerprint density at radius 2 is 2.24 bits per heavy atom. The van der Waals surface area contributed by atoms with Crippen LogP contribution < -0.4 is 10.7 Å².